The Bertz CT molecular complexity index is 1040. The zero-order valence-corrected chi connectivity index (χ0v) is 21.1. The van der Waals surface area contributed by atoms with Gasteiger partial charge in [-0.2, -0.15) is 0 Å². The summed E-state index contributed by atoms with van der Waals surface area (Å²) < 4.78 is 5.09. The van der Waals surface area contributed by atoms with Crippen molar-refractivity contribution in [3.8, 4) is 11.3 Å². The maximum absolute atomic E-state index is 12.9. The van der Waals surface area contributed by atoms with E-state index < -0.39 is 0 Å². The molecule has 3 heterocycles. The molecule has 3 fully saturated rings. The topological polar surface area (TPSA) is 82.1 Å². The lowest BCUT2D eigenvalue weighted by molar-refractivity contribution is -0.134. The van der Waals surface area contributed by atoms with Gasteiger partial charge in [-0.3, -0.25) is 14.6 Å². The summed E-state index contributed by atoms with van der Waals surface area (Å²) in [4.78, 5) is 34.0. The second-order valence-corrected chi connectivity index (χ2v) is 9.84. The van der Waals surface area contributed by atoms with Crippen LogP contribution in [0.5, 0.6) is 0 Å². The molecule has 2 aliphatic heterocycles. The molecule has 1 amide bonds. The highest BCUT2D eigenvalue weighted by Crippen LogP contribution is 2.25. The molecule has 1 saturated carbocycles. The van der Waals surface area contributed by atoms with E-state index in [4.69, 9.17) is 4.74 Å². The molecule has 36 heavy (non-hydrogen) atoms. The van der Waals surface area contributed by atoms with Crippen LogP contribution in [0.2, 0.25) is 0 Å². The lowest BCUT2D eigenvalue weighted by Crippen LogP contribution is -2.56. The monoisotopic (exact) mass is 492 g/mol. The number of aromatic nitrogens is 2. The van der Waals surface area contributed by atoms with Gasteiger partial charge in [-0.1, -0.05) is 18.6 Å². The normalized spacial score (nSPS) is 19.7. The SMILES string of the molecule is CCOC(=O)c1cccc(-c2ccc(N3CCN(CC(=O)N4CCN(C5CCC5)CC4)CC3)nn2)c1. The molecular weight excluding hydrogens is 456 g/mol. The fraction of sp³-hybridized carbons (Fsp3) is 0.556. The molecular formula is C27H36N6O3. The van der Waals surface area contributed by atoms with Crippen molar-refractivity contribution in [1.82, 2.24) is 24.9 Å². The molecule has 0 radical (unpaired) electrons. The molecule has 0 spiro atoms. The molecule has 192 valence electrons. The first kappa shape index (κ1) is 24.6. The Balaban J connectivity index is 1.09. The molecule has 0 atom stereocenters. The van der Waals surface area contributed by atoms with Crippen molar-refractivity contribution in [1.29, 1.82) is 0 Å². The smallest absolute Gasteiger partial charge is 0.338 e. The number of nitrogens with zero attached hydrogens (tertiary/aromatic N) is 6. The van der Waals surface area contributed by atoms with Crippen molar-refractivity contribution in [2.45, 2.75) is 32.2 Å². The summed E-state index contributed by atoms with van der Waals surface area (Å²) >= 11 is 0. The van der Waals surface area contributed by atoms with Crippen LogP contribution in [-0.4, -0.2) is 108 Å². The third-order valence-electron chi connectivity index (χ3n) is 7.63. The Morgan fingerprint density at radius 3 is 2.36 bits per heavy atom. The second-order valence-electron chi connectivity index (χ2n) is 9.84. The maximum Gasteiger partial charge on any atom is 0.338 e. The summed E-state index contributed by atoms with van der Waals surface area (Å²) in [6.45, 7) is 9.69. The highest BCUT2D eigenvalue weighted by molar-refractivity contribution is 5.90. The van der Waals surface area contributed by atoms with Gasteiger partial charge in [0.2, 0.25) is 5.91 Å². The van der Waals surface area contributed by atoms with Gasteiger partial charge in [-0.25, -0.2) is 4.79 Å². The fourth-order valence-corrected chi connectivity index (χ4v) is 5.18. The van der Waals surface area contributed by atoms with Crippen molar-refractivity contribution >= 4 is 17.7 Å². The van der Waals surface area contributed by atoms with E-state index in [1.807, 2.05) is 29.2 Å². The van der Waals surface area contributed by atoms with Gasteiger partial charge in [-0.15, -0.1) is 10.2 Å². The number of hydrogen-bond acceptors (Lipinski definition) is 8. The molecule has 2 aromatic rings. The Kier molecular flexibility index (Phi) is 7.77. The van der Waals surface area contributed by atoms with Gasteiger partial charge in [-0.05, 0) is 44.0 Å². The van der Waals surface area contributed by atoms with Crippen molar-refractivity contribution in [3.63, 3.8) is 0 Å². The quantitative estimate of drug-likeness (QED) is 0.544. The van der Waals surface area contributed by atoms with Gasteiger partial charge in [0.05, 0.1) is 24.4 Å². The molecule has 2 saturated heterocycles. The number of piperazine rings is 2. The largest absolute Gasteiger partial charge is 0.462 e. The van der Waals surface area contributed by atoms with Gasteiger partial charge < -0.3 is 14.5 Å². The van der Waals surface area contributed by atoms with Crippen LogP contribution in [0.25, 0.3) is 11.3 Å². The summed E-state index contributed by atoms with van der Waals surface area (Å²) in [5, 5.41) is 8.85. The number of benzene rings is 1. The number of amides is 1. The number of anilines is 1. The molecule has 1 aromatic carbocycles. The predicted octanol–water partition coefficient (Wildman–Crippen LogP) is 2.14. The number of rotatable bonds is 7. The number of carbonyl (C=O) groups is 2. The number of carbonyl (C=O) groups excluding carboxylic acids is 2. The zero-order valence-electron chi connectivity index (χ0n) is 21.1. The van der Waals surface area contributed by atoms with Crippen LogP contribution in [0.15, 0.2) is 36.4 Å². The van der Waals surface area contributed by atoms with Crippen molar-refractivity contribution in [2.24, 2.45) is 0 Å². The van der Waals surface area contributed by atoms with E-state index in [2.05, 4.69) is 24.9 Å². The van der Waals surface area contributed by atoms with Crippen LogP contribution in [0.4, 0.5) is 5.82 Å². The summed E-state index contributed by atoms with van der Waals surface area (Å²) in [6, 6.07) is 11.9. The van der Waals surface area contributed by atoms with Gasteiger partial charge in [0.15, 0.2) is 5.82 Å². The highest BCUT2D eigenvalue weighted by atomic mass is 16.5. The van der Waals surface area contributed by atoms with Crippen LogP contribution >= 0.6 is 0 Å². The summed E-state index contributed by atoms with van der Waals surface area (Å²) in [6.07, 6.45) is 4.01. The number of ether oxygens (including phenoxy) is 1. The average molecular weight is 493 g/mol. The first-order valence-corrected chi connectivity index (χ1v) is 13.2. The lowest BCUT2D eigenvalue weighted by atomic mass is 9.91. The summed E-state index contributed by atoms with van der Waals surface area (Å²) in [7, 11) is 0. The van der Waals surface area contributed by atoms with E-state index >= 15 is 0 Å². The molecule has 9 nitrogen and oxygen atoms in total. The molecule has 9 heteroatoms. The Hall–Kier alpha value is -3.04. The Morgan fingerprint density at radius 1 is 0.944 bits per heavy atom. The van der Waals surface area contributed by atoms with Gasteiger partial charge in [0, 0.05) is 64.0 Å². The van der Waals surface area contributed by atoms with Gasteiger partial charge in [0.25, 0.3) is 0 Å². The van der Waals surface area contributed by atoms with E-state index in [1.54, 1.807) is 19.1 Å². The molecule has 0 bridgehead atoms. The molecule has 3 aliphatic rings. The van der Waals surface area contributed by atoms with E-state index in [0.717, 1.165) is 69.8 Å². The molecule has 1 aromatic heterocycles. The Labute approximate surface area is 213 Å². The Morgan fingerprint density at radius 2 is 1.72 bits per heavy atom. The van der Waals surface area contributed by atoms with Crippen LogP contribution in [-0.2, 0) is 9.53 Å². The van der Waals surface area contributed by atoms with Crippen molar-refractivity contribution in [2.75, 3.05) is 70.4 Å². The molecule has 0 N–H and O–H groups in total. The second kappa shape index (κ2) is 11.3. The maximum atomic E-state index is 12.9. The standard InChI is InChI=1S/C27H36N6O3/c1-2-36-27(35)22-6-3-5-21(19-22)24-9-10-25(29-28-24)32-13-11-30(12-14-32)20-26(34)33-17-15-31(16-18-33)23-7-4-8-23/h3,5-6,9-10,19,23H,2,4,7-8,11-18,20H2,1H3. The third-order valence-corrected chi connectivity index (χ3v) is 7.63. The molecule has 5 rings (SSSR count). The minimum absolute atomic E-state index is 0.255. The first-order valence-electron chi connectivity index (χ1n) is 13.2. The molecule has 0 unspecified atom stereocenters. The van der Waals surface area contributed by atoms with E-state index in [9.17, 15) is 9.59 Å². The van der Waals surface area contributed by atoms with E-state index in [0.29, 0.717) is 24.4 Å². The van der Waals surface area contributed by atoms with Crippen molar-refractivity contribution in [3.05, 3.63) is 42.0 Å². The van der Waals surface area contributed by atoms with Gasteiger partial charge in [0.1, 0.15) is 0 Å². The lowest BCUT2D eigenvalue weighted by Gasteiger charge is -2.43. The number of hydrogen-bond donors (Lipinski definition) is 0. The van der Waals surface area contributed by atoms with E-state index in [-0.39, 0.29) is 11.9 Å². The minimum Gasteiger partial charge on any atom is -0.462 e. The van der Waals surface area contributed by atoms with E-state index in [1.165, 1.54) is 19.3 Å². The van der Waals surface area contributed by atoms with Crippen molar-refractivity contribution < 1.29 is 14.3 Å². The van der Waals surface area contributed by atoms with Crippen LogP contribution in [0.3, 0.4) is 0 Å². The zero-order chi connectivity index (χ0) is 24.9. The fourth-order valence-electron chi connectivity index (χ4n) is 5.18. The highest BCUT2D eigenvalue weighted by Gasteiger charge is 2.30. The summed E-state index contributed by atoms with van der Waals surface area (Å²) in [5.41, 5.74) is 2.05. The predicted molar refractivity (Wildman–Crippen MR) is 138 cm³/mol. The van der Waals surface area contributed by atoms with Crippen LogP contribution in [0.1, 0.15) is 36.5 Å². The van der Waals surface area contributed by atoms with Gasteiger partial charge >= 0.3 is 5.97 Å². The van der Waals surface area contributed by atoms with Crippen LogP contribution in [0, 0.1) is 0 Å². The average Bonchev–Trinajstić information content (AvgIpc) is 2.89. The minimum atomic E-state index is -0.337. The first-order chi connectivity index (χ1) is 17.6. The molecule has 1 aliphatic carbocycles. The number of esters is 1. The summed E-state index contributed by atoms with van der Waals surface area (Å²) in [5.74, 6) is 0.750. The third kappa shape index (κ3) is 5.68. The van der Waals surface area contributed by atoms with Crippen LogP contribution < -0.4 is 4.90 Å².